The van der Waals surface area contributed by atoms with Crippen molar-refractivity contribution in [3.63, 3.8) is 0 Å². The van der Waals surface area contributed by atoms with Crippen LogP contribution < -0.4 is 4.90 Å². The molecule has 0 atom stereocenters. The number of halogens is 1. The standard InChI is InChI=1S/C13H13FN8/c14-9-3-4-10(12-16-20-21-17-12)8(6-9)7-22-5-1-2-11-13(22)18-19-15-11/h3-4,6H,1-2,5,7H2,(H,15,18,19)(H,16,17,20,21). The first-order valence-electron chi connectivity index (χ1n) is 6.98. The Bertz CT molecular complexity index is 781. The minimum Gasteiger partial charge on any atom is -0.349 e. The number of aromatic amines is 2. The molecule has 0 bridgehead atoms. The lowest BCUT2D eigenvalue weighted by molar-refractivity contribution is 0.622. The van der Waals surface area contributed by atoms with Gasteiger partial charge in [-0.1, -0.05) is 0 Å². The number of hydrogen-bond donors (Lipinski definition) is 2. The largest absolute Gasteiger partial charge is 0.349 e. The molecule has 1 aliphatic rings. The number of fused-ring (bicyclic) bond motifs is 1. The number of aromatic nitrogens is 7. The predicted molar refractivity (Wildman–Crippen MR) is 75.3 cm³/mol. The van der Waals surface area contributed by atoms with E-state index in [1.54, 1.807) is 6.07 Å². The van der Waals surface area contributed by atoms with Gasteiger partial charge in [-0.25, -0.2) is 4.39 Å². The van der Waals surface area contributed by atoms with Crippen molar-refractivity contribution >= 4 is 5.82 Å². The number of nitrogens with zero attached hydrogens (tertiary/aromatic N) is 6. The van der Waals surface area contributed by atoms with Crippen LogP contribution in [0.5, 0.6) is 0 Å². The smallest absolute Gasteiger partial charge is 0.205 e. The fourth-order valence-electron chi connectivity index (χ4n) is 2.76. The predicted octanol–water partition coefficient (Wildman–Crippen LogP) is 1.08. The molecule has 22 heavy (non-hydrogen) atoms. The highest BCUT2D eigenvalue weighted by atomic mass is 19.1. The Labute approximate surface area is 124 Å². The molecule has 8 nitrogen and oxygen atoms in total. The molecule has 0 saturated carbocycles. The number of nitrogens with one attached hydrogen (secondary N) is 2. The van der Waals surface area contributed by atoms with E-state index >= 15 is 0 Å². The first-order chi connectivity index (χ1) is 10.8. The number of hydrogen-bond acceptors (Lipinski definition) is 6. The number of H-pyrrole nitrogens is 2. The Morgan fingerprint density at radius 2 is 2.14 bits per heavy atom. The lowest BCUT2D eigenvalue weighted by atomic mass is 10.0. The molecule has 4 rings (SSSR count). The highest BCUT2D eigenvalue weighted by Gasteiger charge is 2.22. The quantitative estimate of drug-likeness (QED) is 0.751. The monoisotopic (exact) mass is 300 g/mol. The van der Waals surface area contributed by atoms with Gasteiger partial charge >= 0.3 is 0 Å². The number of anilines is 1. The van der Waals surface area contributed by atoms with Gasteiger partial charge in [-0.15, -0.1) is 15.3 Å². The molecule has 0 amide bonds. The number of benzene rings is 1. The van der Waals surface area contributed by atoms with Gasteiger partial charge in [0.15, 0.2) is 5.82 Å². The number of rotatable bonds is 3. The van der Waals surface area contributed by atoms with Gasteiger partial charge in [0.1, 0.15) is 11.5 Å². The summed E-state index contributed by atoms with van der Waals surface area (Å²) in [4.78, 5) is 2.08. The minimum absolute atomic E-state index is 0.292. The summed E-state index contributed by atoms with van der Waals surface area (Å²) in [7, 11) is 0. The molecule has 0 saturated heterocycles. The van der Waals surface area contributed by atoms with Gasteiger partial charge in [-0.2, -0.15) is 15.5 Å². The van der Waals surface area contributed by atoms with Crippen molar-refractivity contribution in [2.75, 3.05) is 11.4 Å². The van der Waals surface area contributed by atoms with Gasteiger partial charge in [0.05, 0.1) is 0 Å². The van der Waals surface area contributed by atoms with Crippen molar-refractivity contribution < 1.29 is 4.39 Å². The van der Waals surface area contributed by atoms with Crippen molar-refractivity contribution in [2.24, 2.45) is 0 Å². The lowest BCUT2D eigenvalue weighted by Crippen LogP contribution is -2.29. The van der Waals surface area contributed by atoms with Gasteiger partial charge in [-0.05, 0) is 41.8 Å². The average molecular weight is 300 g/mol. The van der Waals surface area contributed by atoms with Crippen molar-refractivity contribution in [2.45, 2.75) is 19.4 Å². The third kappa shape index (κ3) is 2.20. The molecule has 2 N–H and O–H groups in total. The second-order valence-corrected chi connectivity index (χ2v) is 5.16. The van der Waals surface area contributed by atoms with Gasteiger partial charge in [0.2, 0.25) is 5.82 Å². The van der Waals surface area contributed by atoms with E-state index in [9.17, 15) is 4.39 Å². The van der Waals surface area contributed by atoms with Crippen molar-refractivity contribution in [3.05, 3.63) is 35.3 Å². The highest BCUT2D eigenvalue weighted by molar-refractivity contribution is 5.60. The van der Waals surface area contributed by atoms with E-state index in [1.165, 1.54) is 12.1 Å². The molecule has 112 valence electrons. The Morgan fingerprint density at radius 1 is 1.18 bits per heavy atom. The van der Waals surface area contributed by atoms with Crippen LogP contribution >= 0.6 is 0 Å². The summed E-state index contributed by atoms with van der Waals surface area (Å²) in [5.74, 6) is 0.988. The fourth-order valence-corrected chi connectivity index (χ4v) is 2.76. The summed E-state index contributed by atoms with van der Waals surface area (Å²) in [5.41, 5.74) is 2.49. The number of aryl methyl sites for hydroxylation is 1. The summed E-state index contributed by atoms with van der Waals surface area (Å²) in [6.07, 6.45) is 1.90. The van der Waals surface area contributed by atoms with E-state index in [0.717, 1.165) is 42.0 Å². The van der Waals surface area contributed by atoms with E-state index in [4.69, 9.17) is 0 Å². The molecule has 3 aromatic rings. The van der Waals surface area contributed by atoms with E-state index in [0.29, 0.717) is 12.4 Å². The van der Waals surface area contributed by atoms with Crippen molar-refractivity contribution in [1.82, 2.24) is 36.0 Å². The molecule has 0 aliphatic carbocycles. The molecular weight excluding hydrogens is 287 g/mol. The molecule has 0 unspecified atom stereocenters. The maximum absolute atomic E-state index is 13.7. The molecule has 1 aromatic carbocycles. The second kappa shape index (κ2) is 5.17. The molecular formula is C13H13FN8. The van der Waals surface area contributed by atoms with Gasteiger partial charge in [0.25, 0.3) is 0 Å². The zero-order valence-electron chi connectivity index (χ0n) is 11.6. The normalized spacial score (nSPS) is 14.1. The first-order valence-corrected chi connectivity index (χ1v) is 6.98. The van der Waals surface area contributed by atoms with Crippen LogP contribution in [-0.2, 0) is 13.0 Å². The SMILES string of the molecule is Fc1ccc(-c2nn[nH]n2)c(CN2CCCc3n[nH]nc32)c1. The molecule has 2 aromatic heterocycles. The van der Waals surface area contributed by atoms with Crippen LogP contribution in [0.1, 0.15) is 17.7 Å². The Morgan fingerprint density at radius 3 is 3.00 bits per heavy atom. The third-order valence-corrected chi connectivity index (χ3v) is 3.75. The van der Waals surface area contributed by atoms with Crippen LogP contribution in [0, 0.1) is 5.82 Å². The van der Waals surface area contributed by atoms with Crippen molar-refractivity contribution in [1.29, 1.82) is 0 Å². The summed E-state index contributed by atoms with van der Waals surface area (Å²) in [5, 5.41) is 24.9. The van der Waals surface area contributed by atoms with Crippen LogP contribution in [0.2, 0.25) is 0 Å². The van der Waals surface area contributed by atoms with Crippen LogP contribution in [0.3, 0.4) is 0 Å². The summed E-state index contributed by atoms with van der Waals surface area (Å²) in [6, 6.07) is 4.57. The van der Waals surface area contributed by atoms with Crippen LogP contribution in [0.25, 0.3) is 11.4 Å². The summed E-state index contributed by atoms with van der Waals surface area (Å²) >= 11 is 0. The highest BCUT2D eigenvalue weighted by Crippen LogP contribution is 2.27. The maximum Gasteiger partial charge on any atom is 0.205 e. The molecule has 9 heteroatoms. The fraction of sp³-hybridized carbons (Fsp3) is 0.308. The Kier molecular flexibility index (Phi) is 3.02. The summed E-state index contributed by atoms with van der Waals surface area (Å²) in [6.45, 7) is 1.36. The zero-order chi connectivity index (χ0) is 14.9. The van der Waals surface area contributed by atoms with Crippen LogP contribution in [0.4, 0.5) is 10.2 Å². The molecule has 0 radical (unpaired) electrons. The second-order valence-electron chi connectivity index (χ2n) is 5.16. The van der Waals surface area contributed by atoms with E-state index < -0.39 is 0 Å². The summed E-state index contributed by atoms with van der Waals surface area (Å²) < 4.78 is 13.7. The maximum atomic E-state index is 13.7. The van der Waals surface area contributed by atoms with Crippen LogP contribution in [0.15, 0.2) is 18.2 Å². The Balaban J connectivity index is 1.71. The van der Waals surface area contributed by atoms with E-state index in [-0.39, 0.29) is 5.82 Å². The van der Waals surface area contributed by atoms with E-state index in [2.05, 4.69) is 40.9 Å². The first kappa shape index (κ1) is 12.9. The van der Waals surface area contributed by atoms with E-state index in [1.807, 2.05) is 0 Å². The van der Waals surface area contributed by atoms with Crippen molar-refractivity contribution in [3.8, 4) is 11.4 Å². The third-order valence-electron chi connectivity index (χ3n) is 3.75. The average Bonchev–Trinajstić information content (AvgIpc) is 3.19. The lowest BCUT2D eigenvalue weighted by Gasteiger charge is -2.27. The number of tetrazole rings is 1. The minimum atomic E-state index is -0.292. The zero-order valence-corrected chi connectivity index (χ0v) is 11.6. The molecule has 0 fully saturated rings. The molecule has 0 spiro atoms. The molecule has 1 aliphatic heterocycles. The topological polar surface area (TPSA) is 99.3 Å². The molecule has 3 heterocycles. The van der Waals surface area contributed by atoms with Gasteiger partial charge < -0.3 is 4.90 Å². The van der Waals surface area contributed by atoms with Gasteiger partial charge in [0, 0.05) is 18.7 Å². The van der Waals surface area contributed by atoms with Crippen LogP contribution in [-0.4, -0.2) is 42.6 Å². The van der Waals surface area contributed by atoms with Gasteiger partial charge in [-0.3, -0.25) is 0 Å². The Hall–Kier alpha value is -2.84.